The summed E-state index contributed by atoms with van der Waals surface area (Å²) in [6.07, 6.45) is 7.44. The summed E-state index contributed by atoms with van der Waals surface area (Å²) in [7, 11) is 0. The van der Waals surface area contributed by atoms with Gasteiger partial charge in [0.2, 0.25) is 5.91 Å². The van der Waals surface area contributed by atoms with E-state index in [-0.39, 0.29) is 23.1 Å². The number of halogens is 1. The van der Waals surface area contributed by atoms with Gasteiger partial charge in [-0.1, -0.05) is 38.1 Å². The van der Waals surface area contributed by atoms with Crippen LogP contribution in [0.5, 0.6) is 0 Å². The number of carbonyl (C=O) groups is 1. The molecule has 220 valence electrons. The molecule has 3 aliphatic rings. The number of aromatic nitrogens is 2. The maximum absolute atomic E-state index is 14.5. The molecule has 6 nitrogen and oxygen atoms in total. The highest BCUT2D eigenvalue weighted by Gasteiger charge is 2.45. The monoisotopic (exact) mass is 559 g/mol. The molecule has 2 aromatic carbocycles. The molecule has 0 saturated carbocycles. The van der Waals surface area contributed by atoms with E-state index >= 15 is 0 Å². The molecular formula is C34H46FN5O. The molecule has 0 aliphatic carbocycles. The van der Waals surface area contributed by atoms with Gasteiger partial charge in [0.25, 0.3) is 0 Å². The lowest BCUT2D eigenvalue weighted by Crippen LogP contribution is -2.59. The third kappa shape index (κ3) is 5.10. The number of piperidine rings is 2. The molecule has 0 spiro atoms. The summed E-state index contributed by atoms with van der Waals surface area (Å²) in [5.41, 5.74) is 8.86. The predicted octanol–water partition coefficient (Wildman–Crippen LogP) is 5.98. The summed E-state index contributed by atoms with van der Waals surface area (Å²) in [5.74, 6) is 1.02. The van der Waals surface area contributed by atoms with E-state index in [9.17, 15) is 9.18 Å². The van der Waals surface area contributed by atoms with E-state index in [2.05, 4.69) is 46.7 Å². The number of rotatable bonds is 7. The molecule has 2 N–H and O–H groups in total. The lowest BCUT2D eigenvalue weighted by atomic mass is 9.70. The van der Waals surface area contributed by atoms with E-state index in [1.807, 2.05) is 31.7 Å². The minimum atomic E-state index is -0.874. The maximum Gasteiger partial charge on any atom is 0.242 e. The number of hydrogen-bond acceptors (Lipinski definition) is 4. The highest BCUT2D eigenvalue weighted by Crippen LogP contribution is 2.45. The molecule has 3 fully saturated rings. The molecule has 3 aromatic rings. The van der Waals surface area contributed by atoms with Gasteiger partial charge in [0.05, 0.1) is 16.6 Å². The van der Waals surface area contributed by atoms with Gasteiger partial charge in [-0.3, -0.25) is 9.69 Å². The van der Waals surface area contributed by atoms with Gasteiger partial charge in [0.1, 0.15) is 11.6 Å². The highest BCUT2D eigenvalue weighted by molar-refractivity contribution is 5.86. The Morgan fingerprint density at radius 1 is 1.07 bits per heavy atom. The number of imidazole rings is 1. The van der Waals surface area contributed by atoms with Crippen LogP contribution in [0.25, 0.3) is 11.0 Å². The van der Waals surface area contributed by atoms with Crippen molar-refractivity contribution in [3.8, 4) is 0 Å². The molecule has 0 radical (unpaired) electrons. The molecule has 7 heteroatoms. The fraction of sp³-hybridized carbons (Fsp3) is 0.588. The molecule has 1 aromatic heterocycles. The molecular weight excluding hydrogens is 513 g/mol. The summed E-state index contributed by atoms with van der Waals surface area (Å²) in [4.78, 5) is 22.9. The lowest BCUT2D eigenvalue weighted by molar-refractivity contribution is -0.139. The normalized spacial score (nSPS) is 26.0. The van der Waals surface area contributed by atoms with E-state index in [4.69, 9.17) is 10.7 Å². The van der Waals surface area contributed by atoms with Crippen molar-refractivity contribution in [1.29, 1.82) is 0 Å². The van der Waals surface area contributed by atoms with Crippen LogP contribution in [0.1, 0.15) is 83.1 Å². The number of carbonyl (C=O) groups excluding carboxylic acids is 1. The Morgan fingerprint density at radius 2 is 1.76 bits per heavy atom. The Bertz CT molecular complexity index is 1390. The van der Waals surface area contributed by atoms with Crippen LogP contribution in [-0.4, -0.2) is 62.5 Å². The van der Waals surface area contributed by atoms with Crippen LogP contribution < -0.4 is 5.73 Å². The van der Waals surface area contributed by atoms with Crippen molar-refractivity contribution in [3.63, 3.8) is 0 Å². The molecule has 2 unspecified atom stereocenters. The third-order valence-electron chi connectivity index (χ3n) is 11.0. The number of aryl methyl sites for hydroxylation is 1. The van der Waals surface area contributed by atoms with Crippen molar-refractivity contribution in [1.82, 2.24) is 19.4 Å². The summed E-state index contributed by atoms with van der Waals surface area (Å²) >= 11 is 0. The second kappa shape index (κ2) is 10.8. The summed E-state index contributed by atoms with van der Waals surface area (Å²) in [6.45, 7) is 10.3. The summed E-state index contributed by atoms with van der Waals surface area (Å²) in [6, 6.07) is 17.3. The SMILES string of the molecule is Cc1nc2ccccc2n1C1C[C@H]2CC[C@@H](C1)N2CCC1(c2cccc(F)c2)CCN(C(=O)C(C)(N)C(C)C)CC1. The van der Waals surface area contributed by atoms with Gasteiger partial charge in [-0.05, 0) is 106 Å². The van der Waals surface area contributed by atoms with Crippen LogP contribution in [0.15, 0.2) is 48.5 Å². The van der Waals surface area contributed by atoms with E-state index in [0.29, 0.717) is 31.2 Å². The molecule has 2 bridgehead atoms. The largest absolute Gasteiger partial charge is 0.341 e. The first kappa shape index (κ1) is 28.4. The smallest absolute Gasteiger partial charge is 0.242 e. The predicted molar refractivity (Wildman–Crippen MR) is 162 cm³/mol. The van der Waals surface area contributed by atoms with Crippen molar-refractivity contribution in [2.45, 2.75) is 102 Å². The Morgan fingerprint density at radius 3 is 2.41 bits per heavy atom. The van der Waals surface area contributed by atoms with Gasteiger partial charge >= 0.3 is 0 Å². The van der Waals surface area contributed by atoms with Gasteiger partial charge in [-0.15, -0.1) is 0 Å². The third-order valence-corrected chi connectivity index (χ3v) is 11.0. The number of likely N-dealkylation sites (tertiary alicyclic amines) is 1. The number of benzene rings is 2. The van der Waals surface area contributed by atoms with Gasteiger partial charge in [-0.25, -0.2) is 9.37 Å². The summed E-state index contributed by atoms with van der Waals surface area (Å²) < 4.78 is 17.0. The number of fused-ring (bicyclic) bond motifs is 3. The summed E-state index contributed by atoms with van der Waals surface area (Å²) in [5, 5.41) is 0. The average Bonchev–Trinajstić information content (AvgIpc) is 3.42. The van der Waals surface area contributed by atoms with E-state index in [1.165, 1.54) is 24.4 Å². The van der Waals surface area contributed by atoms with Crippen molar-refractivity contribution in [2.75, 3.05) is 19.6 Å². The lowest BCUT2D eigenvalue weighted by Gasteiger charge is -2.47. The van der Waals surface area contributed by atoms with Crippen LogP contribution in [0, 0.1) is 18.7 Å². The van der Waals surface area contributed by atoms with Gasteiger partial charge in [0, 0.05) is 31.2 Å². The topological polar surface area (TPSA) is 67.4 Å². The van der Waals surface area contributed by atoms with E-state index in [0.717, 1.165) is 55.6 Å². The number of nitrogens with two attached hydrogens (primary N) is 1. The van der Waals surface area contributed by atoms with Crippen LogP contribution in [0.2, 0.25) is 0 Å². The molecule has 6 rings (SSSR count). The first-order valence-corrected chi connectivity index (χ1v) is 15.6. The van der Waals surface area contributed by atoms with Crippen LogP contribution in [0.3, 0.4) is 0 Å². The van der Waals surface area contributed by atoms with Gasteiger partial charge < -0.3 is 15.2 Å². The number of para-hydroxylation sites is 2. The fourth-order valence-electron chi connectivity index (χ4n) is 8.02. The molecule has 4 heterocycles. The van der Waals surface area contributed by atoms with Gasteiger partial charge in [0.15, 0.2) is 0 Å². The number of hydrogen-bond donors (Lipinski definition) is 1. The Kier molecular flexibility index (Phi) is 7.48. The molecule has 4 atom stereocenters. The molecule has 41 heavy (non-hydrogen) atoms. The molecule has 1 amide bonds. The molecule has 3 aliphatic heterocycles. The second-order valence-electron chi connectivity index (χ2n) is 13.5. The van der Waals surface area contributed by atoms with Crippen molar-refractivity contribution in [2.24, 2.45) is 11.7 Å². The fourth-order valence-corrected chi connectivity index (χ4v) is 8.02. The Hall–Kier alpha value is -2.77. The van der Waals surface area contributed by atoms with Crippen LogP contribution >= 0.6 is 0 Å². The minimum absolute atomic E-state index is 0.0304. The number of nitrogens with zero attached hydrogens (tertiary/aromatic N) is 4. The average molecular weight is 560 g/mol. The van der Waals surface area contributed by atoms with Crippen LogP contribution in [-0.2, 0) is 10.2 Å². The molecule has 3 saturated heterocycles. The van der Waals surface area contributed by atoms with Crippen molar-refractivity contribution >= 4 is 16.9 Å². The Labute approximate surface area is 244 Å². The van der Waals surface area contributed by atoms with E-state index in [1.54, 1.807) is 6.07 Å². The second-order valence-corrected chi connectivity index (χ2v) is 13.5. The van der Waals surface area contributed by atoms with Gasteiger partial charge in [-0.2, -0.15) is 0 Å². The quantitative estimate of drug-likeness (QED) is 0.387. The van der Waals surface area contributed by atoms with Crippen molar-refractivity contribution < 1.29 is 9.18 Å². The van der Waals surface area contributed by atoms with Crippen molar-refractivity contribution in [3.05, 3.63) is 65.7 Å². The van der Waals surface area contributed by atoms with E-state index < -0.39 is 5.54 Å². The standard InChI is InChI=1S/C34H46FN5O/c1-23(2)33(4,36)32(41)38-17-14-34(15-18-38,25-8-7-9-26(35)20-25)16-19-39-27-12-13-28(39)22-29(21-27)40-24(3)37-30-10-5-6-11-31(30)40/h5-11,20,23,27-29H,12-19,21-22,36H2,1-4H3/t27-,28+,29?,33?. The zero-order chi connectivity index (χ0) is 28.9. The minimum Gasteiger partial charge on any atom is -0.341 e. The zero-order valence-electron chi connectivity index (χ0n) is 25.2. The Balaban J connectivity index is 1.18. The number of amides is 1. The highest BCUT2D eigenvalue weighted by atomic mass is 19.1. The first-order valence-electron chi connectivity index (χ1n) is 15.6. The maximum atomic E-state index is 14.5. The van der Waals surface area contributed by atoms with Crippen LogP contribution in [0.4, 0.5) is 4.39 Å². The first-order chi connectivity index (χ1) is 19.6. The zero-order valence-corrected chi connectivity index (χ0v) is 25.2.